The van der Waals surface area contributed by atoms with Gasteiger partial charge in [-0.15, -0.1) is 0 Å². The highest BCUT2D eigenvalue weighted by molar-refractivity contribution is 6.25. The molecule has 0 saturated carbocycles. The third-order valence-corrected chi connectivity index (χ3v) is 6.03. The fourth-order valence-corrected chi connectivity index (χ4v) is 4.30. The molecule has 2 atom stereocenters. The molecule has 170 valence electrons. The molecule has 7 nitrogen and oxygen atoms in total. The molecule has 3 amide bonds. The van der Waals surface area contributed by atoms with Crippen LogP contribution in [0.25, 0.3) is 0 Å². The first-order valence-corrected chi connectivity index (χ1v) is 11.1. The van der Waals surface area contributed by atoms with E-state index in [0.717, 1.165) is 12.0 Å². The van der Waals surface area contributed by atoms with Gasteiger partial charge in [0.25, 0.3) is 5.91 Å². The van der Waals surface area contributed by atoms with Gasteiger partial charge in [-0.1, -0.05) is 30.7 Å². The van der Waals surface area contributed by atoms with Gasteiger partial charge in [-0.05, 0) is 62.6 Å². The van der Waals surface area contributed by atoms with Gasteiger partial charge >= 0.3 is 5.97 Å². The number of fused-ring (bicyclic) bond motifs is 1. The number of carbonyl (C=O) groups is 4. The Labute approximate surface area is 192 Å². The fraction of sp³-hybridized carbons (Fsp3) is 0.308. The molecule has 4 rings (SSSR count). The molecule has 2 aliphatic rings. The van der Waals surface area contributed by atoms with E-state index in [0.29, 0.717) is 30.7 Å². The lowest BCUT2D eigenvalue weighted by Gasteiger charge is -2.19. The van der Waals surface area contributed by atoms with E-state index in [2.05, 4.69) is 5.32 Å². The van der Waals surface area contributed by atoms with Gasteiger partial charge in [-0.3, -0.25) is 14.4 Å². The third-order valence-electron chi connectivity index (χ3n) is 6.03. The lowest BCUT2D eigenvalue weighted by molar-refractivity contribution is -0.122. The SMILES string of the molecule is CCCOC(=O)c1ccc(NC(=O)c2ccccc2N2C(=O)[C@H]3CC=C(C)C[C@@H]3C2=O)cc1. The van der Waals surface area contributed by atoms with E-state index in [1.54, 1.807) is 48.5 Å². The molecule has 1 fully saturated rings. The number of imide groups is 1. The van der Waals surface area contributed by atoms with Crippen LogP contribution >= 0.6 is 0 Å². The smallest absolute Gasteiger partial charge is 0.338 e. The van der Waals surface area contributed by atoms with Crippen molar-refractivity contribution in [2.24, 2.45) is 11.8 Å². The van der Waals surface area contributed by atoms with Crippen LogP contribution in [0.4, 0.5) is 11.4 Å². The van der Waals surface area contributed by atoms with Crippen LogP contribution in [-0.4, -0.2) is 30.3 Å². The maximum atomic E-state index is 13.1. The summed E-state index contributed by atoms with van der Waals surface area (Å²) in [5.74, 6) is -2.14. The summed E-state index contributed by atoms with van der Waals surface area (Å²) in [5.41, 5.74) is 2.49. The molecule has 1 heterocycles. The second kappa shape index (κ2) is 9.40. The third kappa shape index (κ3) is 4.44. The molecular formula is C26H26N2O5. The normalized spacial score (nSPS) is 19.7. The molecule has 1 saturated heterocycles. The summed E-state index contributed by atoms with van der Waals surface area (Å²) in [6, 6.07) is 13.0. The lowest BCUT2D eigenvalue weighted by Crippen LogP contribution is -2.33. The first-order valence-electron chi connectivity index (χ1n) is 11.1. The Balaban J connectivity index is 1.53. The Hall–Kier alpha value is -3.74. The van der Waals surface area contributed by atoms with Crippen molar-refractivity contribution in [2.75, 3.05) is 16.8 Å². The van der Waals surface area contributed by atoms with Crippen molar-refractivity contribution < 1.29 is 23.9 Å². The van der Waals surface area contributed by atoms with Crippen molar-refractivity contribution in [3.05, 3.63) is 71.3 Å². The van der Waals surface area contributed by atoms with Gasteiger partial charge in [0.2, 0.25) is 11.8 Å². The number of benzene rings is 2. The zero-order chi connectivity index (χ0) is 23.5. The Bertz CT molecular complexity index is 1140. The summed E-state index contributed by atoms with van der Waals surface area (Å²) in [4.78, 5) is 52.4. The number of rotatable bonds is 6. The molecular weight excluding hydrogens is 420 g/mol. The van der Waals surface area contributed by atoms with E-state index < -0.39 is 11.9 Å². The summed E-state index contributed by atoms with van der Waals surface area (Å²) in [6.07, 6.45) is 3.85. The highest BCUT2D eigenvalue weighted by Crippen LogP contribution is 2.40. The van der Waals surface area contributed by atoms with Crippen molar-refractivity contribution in [3.63, 3.8) is 0 Å². The molecule has 33 heavy (non-hydrogen) atoms. The number of nitrogens with zero attached hydrogens (tertiary/aromatic N) is 1. The van der Waals surface area contributed by atoms with Crippen molar-refractivity contribution in [1.82, 2.24) is 0 Å². The maximum absolute atomic E-state index is 13.1. The number of allylic oxidation sites excluding steroid dienone is 2. The predicted octanol–water partition coefficient (Wildman–Crippen LogP) is 4.35. The first-order chi connectivity index (χ1) is 15.9. The van der Waals surface area contributed by atoms with Crippen molar-refractivity contribution in [1.29, 1.82) is 0 Å². The Morgan fingerprint density at radius 2 is 1.73 bits per heavy atom. The van der Waals surface area contributed by atoms with Crippen LogP contribution in [0, 0.1) is 11.8 Å². The molecule has 0 aromatic heterocycles. The highest BCUT2D eigenvalue weighted by atomic mass is 16.5. The molecule has 0 spiro atoms. The fourth-order valence-electron chi connectivity index (χ4n) is 4.30. The number of esters is 1. The van der Waals surface area contributed by atoms with Crippen molar-refractivity contribution in [3.8, 4) is 0 Å². The van der Waals surface area contributed by atoms with Crippen LogP contribution in [-0.2, 0) is 14.3 Å². The molecule has 2 aromatic rings. The lowest BCUT2D eigenvalue weighted by atomic mass is 9.82. The predicted molar refractivity (Wildman–Crippen MR) is 124 cm³/mol. The number of anilines is 2. The average molecular weight is 447 g/mol. The number of carbonyl (C=O) groups excluding carboxylic acids is 4. The molecule has 2 aromatic carbocycles. The highest BCUT2D eigenvalue weighted by Gasteiger charge is 2.49. The molecule has 0 radical (unpaired) electrons. The Morgan fingerprint density at radius 3 is 2.45 bits per heavy atom. The largest absolute Gasteiger partial charge is 0.462 e. The van der Waals surface area contributed by atoms with Gasteiger partial charge in [0, 0.05) is 5.69 Å². The minimum atomic E-state index is -0.448. The number of hydrogen-bond acceptors (Lipinski definition) is 5. The monoisotopic (exact) mass is 446 g/mol. The van der Waals surface area contributed by atoms with Crippen LogP contribution in [0.15, 0.2) is 60.2 Å². The van der Waals surface area contributed by atoms with Crippen LogP contribution in [0.1, 0.15) is 53.8 Å². The molecule has 1 aliphatic heterocycles. The van der Waals surface area contributed by atoms with Gasteiger partial charge in [-0.2, -0.15) is 0 Å². The molecule has 0 unspecified atom stereocenters. The number of ether oxygens (including phenoxy) is 1. The minimum absolute atomic E-state index is 0.231. The minimum Gasteiger partial charge on any atom is -0.462 e. The quantitative estimate of drug-likeness (QED) is 0.405. The Kier molecular flexibility index (Phi) is 6.40. The Morgan fingerprint density at radius 1 is 1.03 bits per heavy atom. The summed E-state index contributed by atoms with van der Waals surface area (Å²) < 4.78 is 5.11. The van der Waals surface area contributed by atoms with E-state index in [4.69, 9.17) is 4.74 Å². The van der Waals surface area contributed by atoms with E-state index in [1.807, 2.05) is 19.9 Å². The summed E-state index contributed by atoms with van der Waals surface area (Å²) in [7, 11) is 0. The second-order valence-corrected chi connectivity index (χ2v) is 8.40. The summed E-state index contributed by atoms with van der Waals surface area (Å²) in [5, 5.41) is 2.78. The molecule has 0 bridgehead atoms. The van der Waals surface area contributed by atoms with E-state index in [9.17, 15) is 19.2 Å². The summed E-state index contributed by atoms with van der Waals surface area (Å²) in [6.45, 7) is 4.23. The van der Waals surface area contributed by atoms with E-state index in [-0.39, 0.29) is 34.9 Å². The van der Waals surface area contributed by atoms with Gasteiger partial charge in [0.15, 0.2) is 0 Å². The zero-order valence-electron chi connectivity index (χ0n) is 18.7. The van der Waals surface area contributed by atoms with Gasteiger partial charge in [0.1, 0.15) is 0 Å². The van der Waals surface area contributed by atoms with Crippen molar-refractivity contribution in [2.45, 2.75) is 33.1 Å². The summed E-state index contributed by atoms with van der Waals surface area (Å²) >= 11 is 0. The van der Waals surface area contributed by atoms with Crippen LogP contribution in [0.3, 0.4) is 0 Å². The number of amides is 3. The zero-order valence-corrected chi connectivity index (χ0v) is 18.7. The second-order valence-electron chi connectivity index (χ2n) is 8.40. The van der Waals surface area contributed by atoms with E-state index >= 15 is 0 Å². The van der Waals surface area contributed by atoms with Crippen LogP contribution < -0.4 is 10.2 Å². The molecule has 7 heteroatoms. The first kappa shape index (κ1) is 22.5. The van der Waals surface area contributed by atoms with Crippen molar-refractivity contribution >= 4 is 35.1 Å². The number of para-hydroxylation sites is 1. The van der Waals surface area contributed by atoms with Gasteiger partial charge < -0.3 is 10.1 Å². The van der Waals surface area contributed by atoms with Gasteiger partial charge in [0.05, 0.1) is 35.3 Å². The topological polar surface area (TPSA) is 92.8 Å². The standard InChI is InChI=1S/C26H26N2O5/c1-3-14-33-26(32)17-9-11-18(12-10-17)27-23(29)20-6-4-5-7-22(20)28-24(30)19-13-8-16(2)15-21(19)25(28)31/h4-12,19,21H,3,13-15H2,1-2H3,(H,27,29)/t19-,21-/m0/s1. The van der Waals surface area contributed by atoms with Crippen LogP contribution in [0.2, 0.25) is 0 Å². The average Bonchev–Trinajstić information content (AvgIpc) is 3.07. The molecule has 1 aliphatic carbocycles. The van der Waals surface area contributed by atoms with E-state index in [1.165, 1.54) is 4.90 Å². The molecule has 1 N–H and O–H groups in total. The number of nitrogens with one attached hydrogen (secondary N) is 1. The number of hydrogen-bond donors (Lipinski definition) is 1. The van der Waals surface area contributed by atoms with Gasteiger partial charge in [-0.25, -0.2) is 9.69 Å². The maximum Gasteiger partial charge on any atom is 0.338 e. The van der Waals surface area contributed by atoms with Crippen LogP contribution in [0.5, 0.6) is 0 Å².